The lowest BCUT2D eigenvalue weighted by Crippen LogP contribution is -2.40. The molecule has 2 aromatic rings. The SMILES string of the molecule is CCCn1cnc2c1c(=O)n(CCCCC(C)(O)C#CCN(C)C)c(=O)n2CC.O=C(O)/C=C/C(=O)O. The smallest absolute Gasteiger partial charge is 0.332 e. The number of aryl methyl sites for hydroxylation is 2. The van der Waals surface area contributed by atoms with E-state index in [1.54, 1.807) is 17.8 Å². The molecule has 0 amide bonds. The molecule has 0 aliphatic rings. The number of aliphatic hydroxyl groups is 1. The monoisotopic (exact) mass is 519 g/mol. The van der Waals surface area contributed by atoms with Gasteiger partial charge in [-0.2, -0.15) is 0 Å². The van der Waals surface area contributed by atoms with Gasteiger partial charge < -0.3 is 19.9 Å². The molecule has 0 aliphatic carbocycles. The lowest BCUT2D eigenvalue weighted by atomic mass is 9.99. The van der Waals surface area contributed by atoms with Crippen molar-refractivity contribution in [2.75, 3.05) is 20.6 Å². The highest BCUT2D eigenvalue weighted by molar-refractivity contribution is 5.89. The van der Waals surface area contributed by atoms with Gasteiger partial charge in [0.2, 0.25) is 0 Å². The summed E-state index contributed by atoms with van der Waals surface area (Å²) in [6, 6.07) is 0. The molecule has 204 valence electrons. The second-order valence-electron chi connectivity index (χ2n) is 8.87. The normalized spacial score (nSPS) is 12.6. The molecule has 0 spiro atoms. The van der Waals surface area contributed by atoms with E-state index in [-0.39, 0.29) is 11.2 Å². The standard InChI is InChI=1S/C21H33N5O3.C4H4O4/c1-6-13-24-16-22-18-17(24)19(27)26(20(28)25(18)7-2)15-9-8-11-21(3,29)12-10-14-23(4)5;5-3(6)1-2-4(7)8/h16,29H,6-9,11,13-15H2,1-5H3;1-2H,(H,5,6)(H,7,8)/b;2-1+. The Labute approximate surface area is 215 Å². The molecule has 0 aromatic carbocycles. The molecule has 0 saturated heterocycles. The van der Waals surface area contributed by atoms with Crippen LogP contribution in [0.5, 0.6) is 0 Å². The fraction of sp³-hybridized carbons (Fsp3) is 0.560. The van der Waals surface area contributed by atoms with Crippen LogP contribution in [0.15, 0.2) is 28.1 Å². The summed E-state index contributed by atoms with van der Waals surface area (Å²) in [5, 5.41) is 26.0. The fourth-order valence-electron chi connectivity index (χ4n) is 3.46. The molecule has 2 rings (SSSR count). The maximum atomic E-state index is 13.0. The molecule has 0 aliphatic heterocycles. The van der Waals surface area contributed by atoms with Crippen LogP contribution in [0.1, 0.15) is 46.5 Å². The topological polar surface area (TPSA) is 160 Å². The molecular weight excluding hydrogens is 482 g/mol. The Morgan fingerprint density at radius 3 is 2.22 bits per heavy atom. The van der Waals surface area contributed by atoms with E-state index >= 15 is 0 Å². The van der Waals surface area contributed by atoms with Crippen molar-refractivity contribution < 1.29 is 24.9 Å². The van der Waals surface area contributed by atoms with E-state index < -0.39 is 17.5 Å². The third-order valence-electron chi connectivity index (χ3n) is 5.18. The van der Waals surface area contributed by atoms with Gasteiger partial charge in [0.25, 0.3) is 5.56 Å². The van der Waals surface area contributed by atoms with Crippen molar-refractivity contribution in [3.8, 4) is 11.8 Å². The zero-order chi connectivity index (χ0) is 28.2. The fourth-order valence-corrected chi connectivity index (χ4v) is 3.46. The highest BCUT2D eigenvalue weighted by atomic mass is 16.4. The van der Waals surface area contributed by atoms with Gasteiger partial charge in [0.1, 0.15) is 5.60 Å². The second kappa shape index (κ2) is 14.8. The summed E-state index contributed by atoms with van der Waals surface area (Å²) >= 11 is 0. The summed E-state index contributed by atoms with van der Waals surface area (Å²) < 4.78 is 4.67. The van der Waals surface area contributed by atoms with Crippen molar-refractivity contribution in [1.82, 2.24) is 23.6 Å². The molecule has 12 heteroatoms. The van der Waals surface area contributed by atoms with Gasteiger partial charge in [0.15, 0.2) is 11.2 Å². The average molecular weight is 520 g/mol. The Morgan fingerprint density at radius 1 is 1.08 bits per heavy atom. The largest absolute Gasteiger partial charge is 0.478 e. The van der Waals surface area contributed by atoms with Crippen LogP contribution < -0.4 is 11.2 Å². The number of fused-ring (bicyclic) bond motifs is 1. The zero-order valence-corrected chi connectivity index (χ0v) is 22.1. The number of hydrogen-bond acceptors (Lipinski definition) is 7. The minimum absolute atomic E-state index is 0.293. The van der Waals surface area contributed by atoms with Crippen LogP contribution in [-0.4, -0.2) is 77.1 Å². The molecule has 1 atom stereocenters. The number of nitrogens with zero attached hydrogens (tertiary/aromatic N) is 5. The van der Waals surface area contributed by atoms with Gasteiger partial charge in [-0.25, -0.2) is 19.4 Å². The van der Waals surface area contributed by atoms with E-state index in [0.29, 0.717) is 68.8 Å². The van der Waals surface area contributed by atoms with Gasteiger partial charge in [-0.1, -0.05) is 18.8 Å². The van der Waals surface area contributed by atoms with Gasteiger partial charge in [-0.15, -0.1) is 0 Å². The van der Waals surface area contributed by atoms with Crippen LogP contribution in [-0.2, 0) is 29.2 Å². The maximum absolute atomic E-state index is 13.0. The minimum atomic E-state index is -1.26. The van der Waals surface area contributed by atoms with Gasteiger partial charge in [0, 0.05) is 31.8 Å². The van der Waals surface area contributed by atoms with Gasteiger partial charge in [0.05, 0.1) is 12.9 Å². The Balaban J connectivity index is 0.000000738. The number of hydrogen-bond donors (Lipinski definition) is 3. The summed E-state index contributed by atoms with van der Waals surface area (Å²) in [6.07, 6.45) is 5.38. The van der Waals surface area contributed by atoms with E-state index in [2.05, 4.69) is 16.8 Å². The van der Waals surface area contributed by atoms with E-state index in [4.69, 9.17) is 10.2 Å². The minimum Gasteiger partial charge on any atom is -0.478 e. The highest BCUT2D eigenvalue weighted by Gasteiger charge is 2.19. The Hall–Kier alpha value is -3.69. The second-order valence-corrected chi connectivity index (χ2v) is 8.87. The van der Waals surface area contributed by atoms with Gasteiger partial charge >= 0.3 is 17.6 Å². The lowest BCUT2D eigenvalue weighted by Gasteiger charge is -2.16. The van der Waals surface area contributed by atoms with Crippen LogP contribution in [0.2, 0.25) is 0 Å². The third kappa shape index (κ3) is 10.1. The number of carboxylic acid groups (broad SMARTS) is 2. The van der Waals surface area contributed by atoms with Crippen molar-refractivity contribution >= 4 is 23.1 Å². The molecule has 0 radical (unpaired) electrons. The molecule has 2 aromatic heterocycles. The number of carbonyl (C=O) groups is 2. The maximum Gasteiger partial charge on any atom is 0.332 e. The molecule has 0 fully saturated rings. The van der Waals surface area contributed by atoms with Crippen molar-refractivity contribution in [1.29, 1.82) is 0 Å². The quantitative estimate of drug-likeness (QED) is 0.223. The highest BCUT2D eigenvalue weighted by Crippen LogP contribution is 2.13. The van der Waals surface area contributed by atoms with Crippen LogP contribution in [0.25, 0.3) is 11.2 Å². The number of aliphatic carboxylic acids is 2. The summed E-state index contributed by atoms with van der Waals surface area (Å²) in [5.41, 5.74) is -0.766. The summed E-state index contributed by atoms with van der Waals surface area (Å²) in [5.74, 6) is 3.34. The summed E-state index contributed by atoms with van der Waals surface area (Å²) in [4.78, 5) is 51.1. The number of unbranched alkanes of at least 4 members (excludes halogenated alkanes) is 1. The molecule has 0 bridgehead atoms. The number of carboxylic acids is 2. The first kappa shape index (κ1) is 31.3. The number of imidazole rings is 1. The molecule has 0 saturated carbocycles. The Bertz CT molecular complexity index is 1260. The zero-order valence-electron chi connectivity index (χ0n) is 22.1. The molecule has 37 heavy (non-hydrogen) atoms. The summed E-state index contributed by atoms with van der Waals surface area (Å²) in [6.45, 7) is 7.64. The molecule has 3 N–H and O–H groups in total. The summed E-state index contributed by atoms with van der Waals surface area (Å²) in [7, 11) is 3.85. The predicted molar refractivity (Wildman–Crippen MR) is 139 cm³/mol. The number of aromatic nitrogens is 4. The molecule has 12 nitrogen and oxygen atoms in total. The van der Waals surface area contributed by atoms with Crippen LogP contribution in [0.3, 0.4) is 0 Å². The average Bonchev–Trinajstić information content (AvgIpc) is 3.21. The Kier molecular flexibility index (Phi) is 12.5. The predicted octanol–water partition coefficient (Wildman–Crippen LogP) is 0.988. The first-order valence-corrected chi connectivity index (χ1v) is 12.0. The van der Waals surface area contributed by atoms with Crippen molar-refractivity contribution in [3.05, 3.63) is 39.3 Å². The number of rotatable bonds is 11. The van der Waals surface area contributed by atoms with Crippen molar-refractivity contribution in [2.24, 2.45) is 0 Å². The Morgan fingerprint density at radius 2 is 1.70 bits per heavy atom. The van der Waals surface area contributed by atoms with Crippen LogP contribution in [0, 0.1) is 11.8 Å². The first-order chi connectivity index (χ1) is 17.3. The van der Waals surface area contributed by atoms with E-state index in [1.807, 2.05) is 37.4 Å². The molecule has 1 unspecified atom stereocenters. The van der Waals surface area contributed by atoms with Crippen molar-refractivity contribution in [3.63, 3.8) is 0 Å². The van der Waals surface area contributed by atoms with Gasteiger partial charge in [-0.05, 0) is 53.6 Å². The van der Waals surface area contributed by atoms with Crippen LogP contribution >= 0.6 is 0 Å². The van der Waals surface area contributed by atoms with E-state index in [9.17, 15) is 24.3 Å². The lowest BCUT2D eigenvalue weighted by molar-refractivity contribution is -0.134. The first-order valence-electron chi connectivity index (χ1n) is 12.0. The van der Waals surface area contributed by atoms with E-state index in [1.165, 1.54) is 4.57 Å². The van der Waals surface area contributed by atoms with Crippen molar-refractivity contribution in [2.45, 2.75) is 71.7 Å². The third-order valence-corrected chi connectivity index (χ3v) is 5.18. The van der Waals surface area contributed by atoms with E-state index in [0.717, 1.165) is 6.42 Å². The molecular formula is C25H37N5O7. The van der Waals surface area contributed by atoms with Crippen LogP contribution in [0.4, 0.5) is 0 Å². The van der Waals surface area contributed by atoms with Gasteiger partial charge in [-0.3, -0.25) is 18.8 Å². The molecule has 2 heterocycles.